The summed E-state index contributed by atoms with van der Waals surface area (Å²) < 4.78 is 10.5. The van der Waals surface area contributed by atoms with E-state index in [0.717, 1.165) is 12.8 Å². The van der Waals surface area contributed by atoms with E-state index in [-0.39, 0.29) is 6.29 Å². The molecule has 0 N–H and O–H groups in total. The average Bonchev–Trinajstić information content (AvgIpc) is 2.39. The molecule has 0 bridgehead atoms. The molecule has 4 heteroatoms. The van der Waals surface area contributed by atoms with E-state index < -0.39 is 0 Å². The summed E-state index contributed by atoms with van der Waals surface area (Å²) in [6, 6.07) is 0. The zero-order valence-corrected chi connectivity index (χ0v) is 11.1. The van der Waals surface area contributed by atoms with Crippen LogP contribution in [0.4, 0.5) is 0 Å². The van der Waals surface area contributed by atoms with E-state index in [1.54, 1.807) is 12.3 Å². The molecule has 0 aliphatic heterocycles. The second kappa shape index (κ2) is 13.2. The van der Waals surface area contributed by atoms with E-state index in [2.05, 4.69) is 6.58 Å². The van der Waals surface area contributed by atoms with Gasteiger partial charge in [-0.15, -0.1) is 0 Å². The summed E-state index contributed by atoms with van der Waals surface area (Å²) in [6.45, 7) is 7.39. The van der Waals surface area contributed by atoms with Gasteiger partial charge in [0.05, 0.1) is 12.5 Å². The highest BCUT2D eigenvalue weighted by atomic mass is 17.2. The summed E-state index contributed by atoms with van der Waals surface area (Å²) in [7, 11) is 0. The topological polar surface area (TPSA) is 36.9 Å². The minimum atomic E-state index is -0.329. The fourth-order valence-electron chi connectivity index (χ4n) is 0.981. The van der Waals surface area contributed by atoms with E-state index in [1.807, 2.05) is 26.0 Å². The number of hydrogen-bond donors (Lipinski definition) is 0. The van der Waals surface area contributed by atoms with E-state index >= 15 is 0 Å². The minimum Gasteiger partial charge on any atom is -0.463 e. The van der Waals surface area contributed by atoms with Crippen LogP contribution in [0.15, 0.2) is 49.9 Å². The van der Waals surface area contributed by atoms with Gasteiger partial charge < -0.3 is 9.47 Å². The fraction of sp³-hybridized carbons (Fsp3) is 0.429. The van der Waals surface area contributed by atoms with E-state index in [0.29, 0.717) is 6.42 Å². The van der Waals surface area contributed by atoms with Gasteiger partial charge in [0.2, 0.25) is 6.29 Å². The Labute approximate surface area is 109 Å². The van der Waals surface area contributed by atoms with Crippen molar-refractivity contribution in [3.05, 3.63) is 49.9 Å². The van der Waals surface area contributed by atoms with Crippen LogP contribution in [0.25, 0.3) is 0 Å². The highest BCUT2D eigenvalue weighted by molar-refractivity contribution is 4.75. The first-order valence-electron chi connectivity index (χ1n) is 6.00. The predicted molar refractivity (Wildman–Crippen MR) is 70.9 cm³/mol. The Morgan fingerprint density at radius 1 is 1.06 bits per heavy atom. The average molecular weight is 254 g/mol. The first-order chi connectivity index (χ1) is 8.85. The van der Waals surface area contributed by atoms with Crippen LogP contribution >= 0.6 is 0 Å². The lowest BCUT2D eigenvalue weighted by Gasteiger charge is -2.14. The van der Waals surface area contributed by atoms with Crippen molar-refractivity contribution in [1.29, 1.82) is 0 Å². The maximum atomic E-state index is 5.30. The smallest absolute Gasteiger partial charge is 0.239 e. The van der Waals surface area contributed by atoms with Gasteiger partial charge in [-0.25, -0.2) is 0 Å². The van der Waals surface area contributed by atoms with Crippen LogP contribution in [-0.2, 0) is 19.2 Å². The van der Waals surface area contributed by atoms with Crippen molar-refractivity contribution in [3.8, 4) is 0 Å². The van der Waals surface area contributed by atoms with Crippen LogP contribution in [0.1, 0.15) is 33.1 Å². The Morgan fingerprint density at radius 3 is 2.39 bits per heavy atom. The van der Waals surface area contributed by atoms with Gasteiger partial charge in [-0.05, 0) is 31.9 Å². The zero-order valence-electron chi connectivity index (χ0n) is 11.1. The number of rotatable bonds is 11. The van der Waals surface area contributed by atoms with Gasteiger partial charge in [-0.3, -0.25) is 9.78 Å². The first-order valence-corrected chi connectivity index (χ1v) is 6.00. The summed E-state index contributed by atoms with van der Waals surface area (Å²) in [6.07, 6.45) is 13.5. The quantitative estimate of drug-likeness (QED) is 0.182. The molecule has 0 amide bonds. The molecule has 0 aliphatic rings. The van der Waals surface area contributed by atoms with Crippen molar-refractivity contribution in [2.24, 2.45) is 0 Å². The van der Waals surface area contributed by atoms with Crippen LogP contribution in [-0.4, -0.2) is 6.29 Å². The molecule has 0 fully saturated rings. The van der Waals surface area contributed by atoms with Crippen molar-refractivity contribution in [2.75, 3.05) is 0 Å². The van der Waals surface area contributed by atoms with Crippen molar-refractivity contribution in [1.82, 2.24) is 0 Å². The normalized spacial score (nSPS) is 13.0. The summed E-state index contributed by atoms with van der Waals surface area (Å²) in [5.41, 5.74) is 0. The minimum absolute atomic E-state index is 0.329. The molecule has 1 unspecified atom stereocenters. The van der Waals surface area contributed by atoms with Gasteiger partial charge >= 0.3 is 0 Å². The van der Waals surface area contributed by atoms with Crippen molar-refractivity contribution < 1.29 is 19.2 Å². The molecule has 18 heavy (non-hydrogen) atoms. The Kier molecular flexibility index (Phi) is 11.9. The summed E-state index contributed by atoms with van der Waals surface area (Å²) in [4.78, 5) is 9.51. The predicted octanol–water partition coefficient (Wildman–Crippen LogP) is 4.19. The van der Waals surface area contributed by atoms with Crippen molar-refractivity contribution in [2.45, 2.75) is 39.4 Å². The first kappa shape index (κ1) is 16.2. The molecule has 0 radical (unpaired) electrons. The van der Waals surface area contributed by atoms with Gasteiger partial charge in [0.25, 0.3) is 0 Å². The Hall–Kier alpha value is -1.84. The Morgan fingerprint density at radius 2 is 1.78 bits per heavy atom. The lowest BCUT2D eigenvalue weighted by molar-refractivity contribution is -0.196. The summed E-state index contributed by atoms with van der Waals surface area (Å²) >= 11 is 0. The van der Waals surface area contributed by atoms with Crippen molar-refractivity contribution in [3.63, 3.8) is 0 Å². The molecule has 0 aliphatic carbocycles. The molecule has 0 aromatic heterocycles. The molecule has 0 rings (SSSR count). The fourth-order valence-corrected chi connectivity index (χ4v) is 0.981. The molecular weight excluding hydrogens is 232 g/mol. The van der Waals surface area contributed by atoms with Crippen LogP contribution in [0.5, 0.6) is 0 Å². The molecule has 0 aromatic carbocycles. The van der Waals surface area contributed by atoms with Gasteiger partial charge in [-0.2, -0.15) is 0 Å². The molecule has 4 nitrogen and oxygen atoms in total. The summed E-state index contributed by atoms with van der Waals surface area (Å²) in [5.74, 6) is 0. The highest BCUT2D eigenvalue weighted by Gasteiger charge is 2.04. The largest absolute Gasteiger partial charge is 0.463 e. The number of hydrogen-bond acceptors (Lipinski definition) is 4. The van der Waals surface area contributed by atoms with Gasteiger partial charge in [-0.1, -0.05) is 19.6 Å². The molecular formula is C14H22O4. The second-order valence-electron chi connectivity index (χ2n) is 3.26. The maximum absolute atomic E-state index is 5.30. The number of allylic oxidation sites excluding steroid dienone is 3. The van der Waals surface area contributed by atoms with Gasteiger partial charge in [0.1, 0.15) is 12.5 Å². The lowest BCUT2D eigenvalue weighted by atomic mass is 10.3. The molecule has 0 spiro atoms. The van der Waals surface area contributed by atoms with Crippen molar-refractivity contribution >= 4 is 0 Å². The second-order valence-corrected chi connectivity index (χ2v) is 3.26. The van der Waals surface area contributed by atoms with E-state index in [9.17, 15) is 0 Å². The maximum Gasteiger partial charge on any atom is 0.239 e. The third-order valence-electron chi connectivity index (χ3n) is 1.78. The Balaban J connectivity index is 3.66. The molecule has 0 saturated carbocycles. The third kappa shape index (κ3) is 10.7. The molecule has 1 atom stereocenters. The number of ether oxygens (including phenoxy) is 2. The van der Waals surface area contributed by atoms with Crippen LogP contribution < -0.4 is 0 Å². The Bertz CT molecular complexity index is 269. The summed E-state index contributed by atoms with van der Waals surface area (Å²) in [5, 5.41) is 0. The van der Waals surface area contributed by atoms with Gasteiger partial charge in [0.15, 0.2) is 0 Å². The standard InChI is InChI=1S/C14H22O4/c1-4-7-12-17-18-13-9-8-10-14(15-6-3)16-11-5-2/h5-7,9,11-14H,3-4,8,10H2,1-2H3. The third-order valence-corrected chi connectivity index (χ3v) is 1.78. The van der Waals surface area contributed by atoms with Gasteiger partial charge in [0, 0.05) is 6.42 Å². The monoisotopic (exact) mass is 254 g/mol. The highest BCUT2D eigenvalue weighted by Crippen LogP contribution is 2.06. The lowest BCUT2D eigenvalue weighted by Crippen LogP contribution is -2.10. The van der Waals surface area contributed by atoms with E-state index in [1.165, 1.54) is 18.8 Å². The molecule has 102 valence electrons. The SMILES string of the molecule is C=COC(CCC=COOC=CCC)OC=CC. The van der Waals surface area contributed by atoms with Crippen LogP contribution in [0.2, 0.25) is 0 Å². The zero-order chi connectivity index (χ0) is 13.5. The van der Waals surface area contributed by atoms with Crippen LogP contribution in [0.3, 0.4) is 0 Å². The molecule has 0 saturated heterocycles. The molecule has 0 aromatic rings. The van der Waals surface area contributed by atoms with E-state index in [4.69, 9.17) is 19.2 Å². The molecule has 0 heterocycles. The van der Waals surface area contributed by atoms with Crippen LogP contribution in [0, 0.1) is 0 Å².